The summed E-state index contributed by atoms with van der Waals surface area (Å²) in [5.41, 5.74) is 2.78. The lowest BCUT2D eigenvalue weighted by Crippen LogP contribution is -2.40. The zero-order valence-electron chi connectivity index (χ0n) is 11.6. The molecule has 7 heteroatoms. The van der Waals surface area contributed by atoms with E-state index in [0.29, 0.717) is 23.6 Å². The number of fused-ring (bicyclic) bond motifs is 2. The van der Waals surface area contributed by atoms with Crippen LogP contribution >= 0.6 is 0 Å². The number of hydrogen-bond acceptors (Lipinski definition) is 6. The minimum Gasteiger partial charge on any atom is -0.336 e. The summed E-state index contributed by atoms with van der Waals surface area (Å²) in [7, 11) is 2.16. The van der Waals surface area contributed by atoms with Crippen molar-refractivity contribution in [2.45, 2.75) is 31.3 Å². The summed E-state index contributed by atoms with van der Waals surface area (Å²) in [6.07, 6.45) is 3.46. The summed E-state index contributed by atoms with van der Waals surface area (Å²) < 4.78 is 0. The number of carbonyl (C=O) groups excluding carboxylic acids is 1. The van der Waals surface area contributed by atoms with Gasteiger partial charge in [-0.15, -0.1) is 10.2 Å². The molecule has 1 aromatic rings. The van der Waals surface area contributed by atoms with E-state index in [9.17, 15) is 4.79 Å². The molecule has 0 aromatic carbocycles. The van der Waals surface area contributed by atoms with Crippen LogP contribution in [-0.4, -0.2) is 58.1 Å². The smallest absolute Gasteiger partial charge is 0.274 e. The normalized spacial score (nSPS) is 26.4. The summed E-state index contributed by atoms with van der Waals surface area (Å²) in [5, 5.41) is 7.79. The first-order valence-corrected chi connectivity index (χ1v) is 7.00. The second-order valence-electron chi connectivity index (χ2n) is 5.54. The van der Waals surface area contributed by atoms with E-state index in [-0.39, 0.29) is 5.91 Å². The summed E-state index contributed by atoms with van der Waals surface area (Å²) in [5.74, 6) is 5.66. The van der Waals surface area contributed by atoms with Crippen molar-refractivity contribution in [1.29, 1.82) is 0 Å². The van der Waals surface area contributed by atoms with Gasteiger partial charge in [-0.3, -0.25) is 9.69 Å². The van der Waals surface area contributed by atoms with Crippen molar-refractivity contribution in [3.63, 3.8) is 0 Å². The molecule has 2 aliphatic heterocycles. The van der Waals surface area contributed by atoms with Gasteiger partial charge >= 0.3 is 0 Å². The van der Waals surface area contributed by atoms with Gasteiger partial charge in [-0.1, -0.05) is 0 Å². The Balaban J connectivity index is 1.73. The lowest BCUT2D eigenvalue weighted by molar-refractivity contribution is 0.0733. The molecule has 0 radical (unpaired) electrons. The first-order chi connectivity index (χ1) is 9.69. The highest BCUT2D eigenvalue weighted by atomic mass is 16.2. The molecule has 2 bridgehead atoms. The fourth-order valence-electron chi connectivity index (χ4n) is 3.18. The van der Waals surface area contributed by atoms with E-state index in [4.69, 9.17) is 5.84 Å². The van der Waals surface area contributed by atoms with Crippen LogP contribution in [0.15, 0.2) is 12.1 Å². The van der Waals surface area contributed by atoms with E-state index in [1.807, 2.05) is 4.90 Å². The quantitative estimate of drug-likeness (QED) is 0.587. The van der Waals surface area contributed by atoms with Crippen LogP contribution in [-0.2, 0) is 0 Å². The summed E-state index contributed by atoms with van der Waals surface area (Å²) in [4.78, 5) is 16.8. The molecule has 2 aliphatic rings. The van der Waals surface area contributed by atoms with Gasteiger partial charge in [-0.2, -0.15) is 0 Å². The zero-order chi connectivity index (χ0) is 14.1. The Morgan fingerprint density at radius 2 is 2.10 bits per heavy atom. The predicted octanol–water partition coefficient (Wildman–Crippen LogP) is 0.0709. The number of nitrogens with two attached hydrogens (primary N) is 1. The molecule has 3 N–H and O–H groups in total. The maximum atomic E-state index is 12.5. The van der Waals surface area contributed by atoms with E-state index in [2.05, 4.69) is 27.6 Å². The number of hydrogen-bond donors (Lipinski definition) is 2. The van der Waals surface area contributed by atoms with Crippen LogP contribution in [0.5, 0.6) is 0 Å². The Hall–Kier alpha value is -1.73. The molecule has 2 atom stereocenters. The van der Waals surface area contributed by atoms with Crippen LogP contribution in [0.1, 0.15) is 29.8 Å². The average molecular weight is 276 g/mol. The number of hydrazine groups is 1. The third kappa shape index (κ3) is 2.34. The van der Waals surface area contributed by atoms with Crippen molar-refractivity contribution in [1.82, 2.24) is 20.0 Å². The third-order valence-electron chi connectivity index (χ3n) is 4.47. The molecule has 0 aliphatic carbocycles. The van der Waals surface area contributed by atoms with Crippen molar-refractivity contribution in [2.24, 2.45) is 5.84 Å². The molecule has 0 spiro atoms. The van der Waals surface area contributed by atoms with E-state index in [0.717, 1.165) is 19.5 Å². The third-order valence-corrected chi connectivity index (χ3v) is 4.47. The lowest BCUT2D eigenvalue weighted by atomic mass is 10.1. The molecular weight excluding hydrogens is 256 g/mol. The SMILES string of the molecule is CN1C2CCC1CN(C(=O)c1ccc(NN)nn1)CC2. The van der Waals surface area contributed by atoms with Crippen molar-refractivity contribution in [3.05, 3.63) is 17.8 Å². The molecule has 3 heterocycles. The monoisotopic (exact) mass is 276 g/mol. The fraction of sp³-hybridized carbons (Fsp3) is 0.615. The number of amides is 1. The van der Waals surface area contributed by atoms with E-state index < -0.39 is 0 Å². The molecule has 108 valence electrons. The van der Waals surface area contributed by atoms with E-state index in [1.54, 1.807) is 12.1 Å². The number of rotatable bonds is 2. The number of anilines is 1. The minimum absolute atomic E-state index is 0.0398. The Morgan fingerprint density at radius 1 is 1.30 bits per heavy atom. The van der Waals surface area contributed by atoms with Gasteiger partial charge in [-0.25, -0.2) is 5.84 Å². The first-order valence-electron chi connectivity index (χ1n) is 7.00. The first kappa shape index (κ1) is 13.3. The van der Waals surface area contributed by atoms with Gasteiger partial charge in [0.1, 0.15) is 0 Å². The highest BCUT2D eigenvalue weighted by Crippen LogP contribution is 2.28. The van der Waals surface area contributed by atoms with Crippen molar-refractivity contribution in [2.75, 3.05) is 25.6 Å². The Morgan fingerprint density at radius 3 is 2.80 bits per heavy atom. The number of nitrogen functional groups attached to an aromatic ring is 1. The van der Waals surface area contributed by atoms with Gasteiger partial charge in [0.05, 0.1) is 0 Å². The molecule has 0 saturated carbocycles. The maximum absolute atomic E-state index is 12.5. The summed E-state index contributed by atoms with van der Waals surface area (Å²) in [6.45, 7) is 1.58. The van der Waals surface area contributed by atoms with Crippen LogP contribution in [0.4, 0.5) is 5.82 Å². The second-order valence-corrected chi connectivity index (χ2v) is 5.54. The van der Waals surface area contributed by atoms with E-state index in [1.165, 1.54) is 12.8 Å². The van der Waals surface area contributed by atoms with Gasteiger partial charge in [0.2, 0.25) is 0 Å². The lowest BCUT2D eigenvalue weighted by Gasteiger charge is -2.25. The van der Waals surface area contributed by atoms with Gasteiger partial charge < -0.3 is 10.3 Å². The van der Waals surface area contributed by atoms with E-state index >= 15 is 0 Å². The molecule has 2 fully saturated rings. The summed E-state index contributed by atoms with van der Waals surface area (Å²) in [6, 6.07) is 4.42. The topological polar surface area (TPSA) is 87.4 Å². The van der Waals surface area contributed by atoms with Crippen LogP contribution in [0.3, 0.4) is 0 Å². The highest BCUT2D eigenvalue weighted by molar-refractivity contribution is 5.92. The molecular formula is C13H20N6O. The number of likely N-dealkylation sites (N-methyl/N-ethyl adjacent to an activating group) is 1. The standard InChI is InChI=1S/C13H20N6O/c1-18-9-2-3-10(18)8-19(7-6-9)13(20)11-4-5-12(15-14)17-16-11/h4-5,9-10H,2-3,6-8,14H2,1H3,(H,15,17). The van der Waals surface area contributed by atoms with Crippen molar-refractivity contribution >= 4 is 11.7 Å². The van der Waals surface area contributed by atoms with Crippen molar-refractivity contribution < 1.29 is 4.79 Å². The molecule has 20 heavy (non-hydrogen) atoms. The minimum atomic E-state index is -0.0398. The number of nitrogens with one attached hydrogen (secondary N) is 1. The van der Waals surface area contributed by atoms with Gasteiger partial charge in [0, 0.05) is 25.2 Å². The van der Waals surface area contributed by atoms with Crippen LogP contribution < -0.4 is 11.3 Å². The predicted molar refractivity (Wildman–Crippen MR) is 74.9 cm³/mol. The second kappa shape index (κ2) is 5.34. The van der Waals surface area contributed by atoms with Gasteiger partial charge in [-0.05, 0) is 38.4 Å². The zero-order valence-corrected chi connectivity index (χ0v) is 11.6. The Kier molecular flexibility index (Phi) is 3.54. The van der Waals surface area contributed by atoms with Crippen LogP contribution in [0.25, 0.3) is 0 Å². The average Bonchev–Trinajstić information content (AvgIpc) is 2.72. The number of carbonyl (C=O) groups is 1. The maximum Gasteiger partial charge on any atom is 0.274 e. The molecule has 2 saturated heterocycles. The highest BCUT2D eigenvalue weighted by Gasteiger charge is 2.36. The number of aromatic nitrogens is 2. The molecule has 3 rings (SSSR count). The van der Waals surface area contributed by atoms with Gasteiger partial charge in [0.25, 0.3) is 5.91 Å². The molecule has 2 unspecified atom stereocenters. The van der Waals surface area contributed by atoms with Crippen LogP contribution in [0, 0.1) is 0 Å². The molecule has 1 aromatic heterocycles. The fourth-order valence-corrected chi connectivity index (χ4v) is 3.18. The largest absolute Gasteiger partial charge is 0.336 e. The number of likely N-dealkylation sites (tertiary alicyclic amines) is 1. The Labute approximate surface area is 118 Å². The molecule has 7 nitrogen and oxygen atoms in total. The molecule has 1 amide bonds. The van der Waals surface area contributed by atoms with Crippen molar-refractivity contribution in [3.8, 4) is 0 Å². The number of nitrogens with zero attached hydrogens (tertiary/aromatic N) is 4. The summed E-state index contributed by atoms with van der Waals surface area (Å²) >= 11 is 0. The van der Waals surface area contributed by atoms with Gasteiger partial charge in [0.15, 0.2) is 11.5 Å². The van der Waals surface area contributed by atoms with Crippen LogP contribution in [0.2, 0.25) is 0 Å². The Bertz CT molecular complexity index is 490.